The predicted molar refractivity (Wildman–Crippen MR) is 72.0 cm³/mol. The first-order valence-electron chi connectivity index (χ1n) is 7.39. The second-order valence-corrected chi connectivity index (χ2v) is 5.56. The van der Waals surface area contributed by atoms with Crippen LogP contribution in [0.4, 0.5) is 0 Å². The molecule has 0 bridgehead atoms. The lowest BCUT2D eigenvalue weighted by Gasteiger charge is -2.42. The Hall–Kier alpha value is -1.59. The third kappa shape index (κ3) is 3.49. The van der Waals surface area contributed by atoms with E-state index in [1.54, 1.807) is 9.80 Å². The van der Waals surface area contributed by atoms with Crippen LogP contribution in [0.25, 0.3) is 0 Å². The molecule has 0 saturated carbocycles. The molecule has 6 heteroatoms. The van der Waals surface area contributed by atoms with E-state index in [1.165, 1.54) is 0 Å². The molecule has 2 rings (SSSR count). The molecule has 0 radical (unpaired) electrons. The van der Waals surface area contributed by atoms with Gasteiger partial charge in [-0.05, 0) is 32.1 Å². The molecule has 0 aromatic heterocycles. The van der Waals surface area contributed by atoms with E-state index in [4.69, 9.17) is 5.11 Å². The molecule has 0 aromatic carbocycles. The Morgan fingerprint density at radius 2 is 2.00 bits per heavy atom. The molecule has 2 heterocycles. The van der Waals surface area contributed by atoms with Gasteiger partial charge in [0.2, 0.25) is 11.8 Å². The number of piperazine rings is 1. The van der Waals surface area contributed by atoms with Gasteiger partial charge >= 0.3 is 5.97 Å². The number of carboxylic acids is 1. The highest BCUT2D eigenvalue weighted by atomic mass is 16.4. The lowest BCUT2D eigenvalue weighted by atomic mass is 9.98. The second-order valence-electron chi connectivity index (χ2n) is 5.56. The Bertz CT molecular complexity index is 397. The van der Waals surface area contributed by atoms with Gasteiger partial charge in [0, 0.05) is 19.5 Å². The Morgan fingerprint density at radius 1 is 1.20 bits per heavy atom. The Kier molecular flexibility index (Phi) is 4.98. The summed E-state index contributed by atoms with van der Waals surface area (Å²) in [5.41, 5.74) is 0. The quantitative estimate of drug-likeness (QED) is 0.733. The van der Waals surface area contributed by atoms with E-state index in [9.17, 15) is 14.4 Å². The van der Waals surface area contributed by atoms with Crippen LogP contribution >= 0.6 is 0 Å². The fraction of sp³-hybridized carbons (Fsp3) is 0.786. The third-order valence-electron chi connectivity index (χ3n) is 4.06. The van der Waals surface area contributed by atoms with Gasteiger partial charge in [0.25, 0.3) is 0 Å². The first-order valence-corrected chi connectivity index (χ1v) is 7.39. The predicted octanol–water partition coefficient (Wildman–Crippen LogP) is 0.855. The summed E-state index contributed by atoms with van der Waals surface area (Å²) >= 11 is 0. The fourth-order valence-corrected chi connectivity index (χ4v) is 2.97. The summed E-state index contributed by atoms with van der Waals surface area (Å²) in [4.78, 5) is 38.1. The van der Waals surface area contributed by atoms with E-state index < -0.39 is 5.97 Å². The van der Waals surface area contributed by atoms with Crippen LogP contribution in [0.2, 0.25) is 0 Å². The van der Waals surface area contributed by atoms with Gasteiger partial charge in [-0.1, -0.05) is 6.42 Å². The number of unbranched alkanes of at least 4 members (excludes halogenated alkanes) is 2. The van der Waals surface area contributed by atoms with Crippen molar-refractivity contribution in [2.24, 2.45) is 0 Å². The van der Waals surface area contributed by atoms with Crippen molar-refractivity contribution in [3.05, 3.63) is 0 Å². The van der Waals surface area contributed by atoms with Gasteiger partial charge in [-0.3, -0.25) is 14.4 Å². The lowest BCUT2D eigenvalue weighted by Crippen LogP contribution is -2.61. The second kappa shape index (κ2) is 6.72. The average molecular weight is 282 g/mol. The van der Waals surface area contributed by atoms with Crippen molar-refractivity contribution in [3.63, 3.8) is 0 Å². The highest BCUT2D eigenvalue weighted by molar-refractivity contribution is 5.95. The minimum atomic E-state index is -0.785. The van der Waals surface area contributed by atoms with E-state index in [2.05, 4.69) is 0 Å². The monoisotopic (exact) mass is 282 g/mol. The number of amides is 2. The van der Waals surface area contributed by atoms with Crippen LogP contribution in [0.1, 0.15) is 44.9 Å². The zero-order valence-corrected chi connectivity index (χ0v) is 11.7. The molecule has 2 aliphatic rings. The smallest absolute Gasteiger partial charge is 0.303 e. The summed E-state index contributed by atoms with van der Waals surface area (Å²) in [5.74, 6) is -0.658. The first-order chi connectivity index (χ1) is 9.59. The molecule has 2 saturated heterocycles. The molecule has 1 unspecified atom stereocenters. The first kappa shape index (κ1) is 14.8. The van der Waals surface area contributed by atoms with E-state index >= 15 is 0 Å². The topological polar surface area (TPSA) is 77.9 Å². The van der Waals surface area contributed by atoms with Crippen molar-refractivity contribution >= 4 is 17.8 Å². The number of hydrogen-bond acceptors (Lipinski definition) is 3. The zero-order chi connectivity index (χ0) is 14.5. The summed E-state index contributed by atoms with van der Waals surface area (Å²) in [5, 5.41) is 8.55. The van der Waals surface area contributed by atoms with Gasteiger partial charge < -0.3 is 14.9 Å². The summed E-state index contributed by atoms with van der Waals surface area (Å²) in [7, 11) is 0. The molecule has 2 aliphatic heterocycles. The lowest BCUT2D eigenvalue weighted by molar-refractivity contribution is -0.157. The van der Waals surface area contributed by atoms with Gasteiger partial charge in [-0.15, -0.1) is 0 Å². The van der Waals surface area contributed by atoms with Crippen molar-refractivity contribution in [2.75, 3.05) is 19.6 Å². The van der Waals surface area contributed by atoms with E-state index in [0.29, 0.717) is 19.5 Å². The normalized spacial score (nSPS) is 22.9. The summed E-state index contributed by atoms with van der Waals surface area (Å²) in [6, 6.07) is -0.246. The number of hydrogen-bond donors (Lipinski definition) is 1. The number of carboxylic acid groups (broad SMARTS) is 1. The molecule has 0 aliphatic carbocycles. The molecular formula is C14H22N2O4. The van der Waals surface area contributed by atoms with Crippen LogP contribution in [-0.4, -0.2) is 58.4 Å². The number of carbonyl (C=O) groups excluding carboxylic acids is 2. The summed E-state index contributed by atoms with van der Waals surface area (Å²) in [6.07, 6.45) is 5.11. The van der Waals surface area contributed by atoms with Gasteiger partial charge in [0.1, 0.15) is 6.04 Å². The molecule has 1 atom stereocenters. The molecule has 1 N–H and O–H groups in total. The highest BCUT2D eigenvalue weighted by Crippen LogP contribution is 2.23. The maximum absolute atomic E-state index is 12.3. The molecule has 0 aromatic rings. The van der Waals surface area contributed by atoms with E-state index in [-0.39, 0.29) is 30.8 Å². The van der Waals surface area contributed by atoms with Crippen molar-refractivity contribution < 1.29 is 19.5 Å². The molecule has 2 amide bonds. The maximum atomic E-state index is 12.3. The minimum Gasteiger partial charge on any atom is -0.481 e. The van der Waals surface area contributed by atoms with Crippen LogP contribution < -0.4 is 0 Å². The molecule has 0 spiro atoms. The Morgan fingerprint density at radius 3 is 2.75 bits per heavy atom. The number of carbonyl (C=O) groups is 3. The number of rotatable bonds is 6. The SMILES string of the molecule is O=C(O)CCCCCN1CC(=O)N2CCCCC2C1=O. The van der Waals surface area contributed by atoms with Crippen LogP contribution in [0.15, 0.2) is 0 Å². The standard InChI is InChI=1S/C14H22N2O4/c17-12-10-15(8-4-1-2-7-13(18)19)14(20)11-6-3-5-9-16(11)12/h11H,1-10H2,(H,18,19). The zero-order valence-electron chi connectivity index (χ0n) is 11.7. The Balaban J connectivity index is 1.79. The van der Waals surface area contributed by atoms with Crippen LogP contribution in [-0.2, 0) is 14.4 Å². The average Bonchev–Trinajstić information content (AvgIpc) is 2.43. The molecule has 20 heavy (non-hydrogen) atoms. The van der Waals surface area contributed by atoms with Gasteiger partial charge in [-0.2, -0.15) is 0 Å². The van der Waals surface area contributed by atoms with Gasteiger partial charge in [0.05, 0.1) is 6.54 Å². The van der Waals surface area contributed by atoms with Crippen molar-refractivity contribution in [1.82, 2.24) is 9.80 Å². The van der Waals surface area contributed by atoms with E-state index in [0.717, 1.165) is 32.1 Å². The fourth-order valence-electron chi connectivity index (χ4n) is 2.97. The number of nitrogens with zero attached hydrogens (tertiary/aromatic N) is 2. The number of fused-ring (bicyclic) bond motifs is 1. The van der Waals surface area contributed by atoms with Crippen molar-refractivity contribution in [3.8, 4) is 0 Å². The Labute approximate surface area is 118 Å². The third-order valence-corrected chi connectivity index (χ3v) is 4.06. The molecule has 2 fully saturated rings. The molecular weight excluding hydrogens is 260 g/mol. The minimum absolute atomic E-state index is 0.0554. The number of aliphatic carboxylic acids is 1. The van der Waals surface area contributed by atoms with Crippen LogP contribution in [0, 0.1) is 0 Å². The molecule has 6 nitrogen and oxygen atoms in total. The van der Waals surface area contributed by atoms with Crippen molar-refractivity contribution in [1.29, 1.82) is 0 Å². The van der Waals surface area contributed by atoms with Crippen LogP contribution in [0.3, 0.4) is 0 Å². The van der Waals surface area contributed by atoms with Crippen LogP contribution in [0.5, 0.6) is 0 Å². The largest absolute Gasteiger partial charge is 0.481 e. The number of piperidine rings is 1. The highest BCUT2D eigenvalue weighted by Gasteiger charge is 2.39. The maximum Gasteiger partial charge on any atom is 0.303 e. The van der Waals surface area contributed by atoms with Gasteiger partial charge in [-0.25, -0.2) is 0 Å². The van der Waals surface area contributed by atoms with E-state index in [1.807, 2.05) is 0 Å². The summed E-state index contributed by atoms with van der Waals surface area (Å²) < 4.78 is 0. The van der Waals surface area contributed by atoms with Crippen molar-refractivity contribution in [2.45, 2.75) is 51.0 Å². The molecule has 112 valence electrons. The van der Waals surface area contributed by atoms with Gasteiger partial charge in [0.15, 0.2) is 0 Å². The summed E-state index contributed by atoms with van der Waals surface area (Å²) in [6.45, 7) is 1.46.